The molecular formula is C25H20O3. The molecule has 1 atom stereocenters. The first-order chi connectivity index (χ1) is 13.7. The molecule has 0 radical (unpaired) electrons. The van der Waals surface area contributed by atoms with Crippen molar-refractivity contribution in [2.45, 2.75) is 12.8 Å². The van der Waals surface area contributed by atoms with Gasteiger partial charge < -0.3 is 9.84 Å². The molecule has 0 saturated carbocycles. The first-order valence-electron chi connectivity index (χ1n) is 9.18. The van der Waals surface area contributed by atoms with Gasteiger partial charge in [0.25, 0.3) is 0 Å². The Morgan fingerprint density at radius 1 is 0.786 bits per heavy atom. The van der Waals surface area contributed by atoms with Crippen LogP contribution in [-0.4, -0.2) is 11.1 Å². The highest BCUT2D eigenvalue weighted by molar-refractivity contribution is 6.01. The minimum absolute atomic E-state index is 0.268. The average molecular weight is 368 g/mol. The van der Waals surface area contributed by atoms with Crippen molar-refractivity contribution in [2.24, 2.45) is 0 Å². The molecule has 0 aromatic heterocycles. The Balaban J connectivity index is 2.04. The van der Waals surface area contributed by atoms with Crippen molar-refractivity contribution in [3.05, 3.63) is 119 Å². The van der Waals surface area contributed by atoms with E-state index in [1.165, 1.54) is 0 Å². The van der Waals surface area contributed by atoms with Gasteiger partial charge in [-0.05, 0) is 18.1 Å². The lowest BCUT2D eigenvalue weighted by molar-refractivity contribution is -0.133. The van der Waals surface area contributed by atoms with E-state index in [4.69, 9.17) is 4.74 Å². The first-order valence-corrected chi connectivity index (χ1v) is 9.18. The second-order valence-corrected chi connectivity index (χ2v) is 6.70. The van der Waals surface area contributed by atoms with E-state index >= 15 is 0 Å². The summed E-state index contributed by atoms with van der Waals surface area (Å²) < 4.78 is 6.14. The number of ether oxygens (including phenoxy) is 1. The van der Waals surface area contributed by atoms with Gasteiger partial charge in [0.05, 0.1) is 5.57 Å². The quantitative estimate of drug-likeness (QED) is 0.640. The molecule has 0 amide bonds. The van der Waals surface area contributed by atoms with Crippen LogP contribution in [0.4, 0.5) is 0 Å². The van der Waals surface area contributed by atoms with Crippen molar-refractivity contribution in [2.75, 3.05) is 0 Å². The highest BCUT2D eigenvalue weighted by atomic mass is 16.5. The molecule has 3 heteroatoms. The average Bonchev–Trinajstić information content (AvgIpc) is 2.74. The number of carbonyl (C=O) groups is 1. The van der Waals surface area contributed by atoms with Crippen molar-refractivity contribution in [3.8, 4) is 0 Å². The van der Waals surface area contributed by atoms with Crippen LogP contribution < -0.4 is 0 Å². The predicted octanol–water partition coefficient (Wildman–Crippen LogP) is 5.73. The number of rotatable bonds is 4. The van der Waals surface area contributed by atoms with Crippen LogP contribution in [0.3, 0.4) is 0 Å². The molecule has 3 nitrogen and oxygen atoms in total. The van der Waals surface area contributed by atoms with E-state index in [0.717, 1.165) is 22.3 Å². The number of benzene rings is 3. The molecular weight excluding hydrogens is 348 g/mol. The van der Waals surface area contributed by atoms with Crippen molar-refractivity contribution >= 4 is 17.3 Å². The SMILES string of the molecule is CC1=C(C(=O)O)C(c2ccccc2)C(c2ccccc2)=C(c2ccccc2)O1. The third-order valence-corrected chi connectivity index (χ3v) is 4.94. The maximum atomic E-state index is 12.2. The molecule has 0 bridgehead atoms. The second kappa shape index (κ2) is 7.57. The van der Waals surface area contributed by atoms with Gasteiger partial charge in [0.1, 0.15) is 11.5 Å². The van der Waals surface area contributed by atoms with Crippen LogP contribution in [0.15, 0.2) is 102 Å². The number of carboxylic acids is 1. The monoisotopic (exact) mass is 368 g/mol. The third kappa shape index (κ3) is 3.23. The third-order valence-electron chi connectivity index (χ3n) is 4.94. The zero-order valence-electron chi connectivity index (χ0n) is 15.5. The van der Waals surface area contributed by atoms with Crippen molar-refractivity contribution in [1.29, 1.82) is 0 Å². The molecule has 0 saturated heterocycles. The Morgan fingerprint density at radius 3 is 1.82 bits per heavy atom. The number of hydrogen-bond acceptors (Lipinski definition) is 2. The molecule has 0 spiro atoms. The summed E-state index contributed by atoms with van der Waals surface area (Å²) in [4.78, 5) is 12.2. The van der Waals surface area contributed by atoms with Gasteiger partial charge in [-0.1, -0.05) is 91.0 Å². The van der Waals surface area contributed by atoms with Crippen LogP contribution in [0.5, 0.6) is 0 Å². The summed E-state index contributed by atoms with van der Waals surface area (Å²) in [7, 11) is 0. The van der Waals surface area contributed by atoms with Crippen LogP contribution in [0.25, 0.3) is 11.3 Å². The summed E-state index contributed by atoms with van der Waals surface area (Å²) >= 11 is 0. The molecule has 3 aromatic carbocycles. The van der Waals surface area contributed by atoms with Crippen molar-refractivity contribution in [1.82, 2.24) is 0 Å². The highest BCUT2D eigenvalue weighted by Gasteiger charge is 2.36. The minimum Gasteiger partial charge on any atom is -0.478 e. The van der Waals surface area contributed by atoms with Crippen LogP contribution in [-0.2, 0) is 9.53 Å². The maximum absolute atomic E-state index is 12.2. The molecule has 138 valence electrons. The molecule has 1 unspecified atom stereocenters. The zero-order valence-corrected chi connectivity index (χ0v) is 15.5. The summed E-state index contributed by atoms with van der Waals surface area (Å²) in [5.74, 6) is -0.278. The fourth-order valence-corrected chi connectivity index (χ4v) is 3.71. The summed E-state index contributed by atoms with van der Waals surface area (Å²) in [6, 6.07) is 29.4. The molecule has 1 heterocycles. The molecule has 0 fully saturated rings. The van der Waals surface area contributed by atoms with Gasteiger partial charge in [-0.25, -0.2) is 4.79 Å². The molecule has 3 aromatic rings. The van der Waals surface area contributed by atoms with Crippen LogP contribution in [0, 0.1) is 0 Å². The van der Waals surface area contributed by atoms with E-state index in [0.29, 0.717) is 11.5 Å². The number of hydrogen-bond donors (Lipinski definition) is 1. The van der Waals surface area contributed by atoms with Gasteiger partial charge in [0.15, 0.2) is 0 Å². The minimum atomic E-state index is -0.966. The van der Waals surface area contributed by atoms with E-state index < -0.39 is 11.9 Å². The van der Waals surface area contributed by atoms with E-state index in [1.54, 1.807) is 6.92 Å². The van der Waals surface area contributed by atoms with E-state index in [-0.39, 0.29) is 5.57 Å². The Hall–Kier alpha value is -3.59. The Bertz CT molecular complexity index is 1050. The molecule has 28 heavy (non-hydrogen) atoms. The van der Waals surface area contributed by atoms with Gasteiger partial charge in [-0.15, -0.1) is 0 Å². The Labute approximate surface area is 164 Å². The lowest BCUT2D eigenvalue weighted by Crippen LogP contribution is -2.21. The summed E-state index contributed by atoms with van der Waals surface area (Å²) in [6.07, 6.45) is 0. The fraction of sp³-hybridized carbons (Fsp3) is 0.0800. The lowest BCUT2D eigenvalue weighted by Gasteiger charge is -2.31. The molecule has 1 aliphatic rings. The molecule has 1 aliphatic heterocycles. The van der Waals surface area contributed by atoms with Gasteiger partial charge >= 0.3 is 5.97 Å². The predicted molar refractivity (Wildman–Crippen MR) is 110 cm³/mol. The van der Waals surface area contributed by atoms with E-state index in [1.807, 2.05) is 91.0 Å². The van der Waals surface area contributed by atoms with Crippen molar-refractivity contribution in [3.63, 3.8) is 0 Å². The van der Waals surface area contributed by atoms with Gasteiger partial charge in [0.2, 0.25) is 0 Å². The maximum Gasteiger partial charge on any atom is 0.335 e. The normalized spacial score (nSPS) is 16.7. The lowest BCUT2D eigenvalue weighted by atomic mass is 9.78. The summed E-state index contributed by atoms with van der Waals surface area (Å²) in [6.45, 7) is 1.73. The molecule has 1 N–H and O–H groups in total. The summed E-state index contributed by atoms with van der Waals surface area (Å²) in [5, 5.41) is 10.0. The molecule has 4 rings (SSSR count). The second-order valence-electron chi connectivity index (χ2n) is 6.70. The topological polar surface area (TPSA) is 46.5 Å². The largest absolute Gasteiger partial charge is 0.478 e. The van der Waals surface area contributed by atoms with Crippen LogP contribution >= 0.6 is 0 Å². The molecule has 0 aliphatic carbocycles. The highest BCUT2D eigenvalue weighted by Crippen LogP contribution is 2.48. The fourth-order valence-electron chi connectivity index (χ4n) is 3.71. The Morgan fingerprint density at radius 2 is 1.29 bits per heavy atom. The standard InChI is InChI=1S/C25H20O3/c1-17-21(25(26)27)22(18-11-5-2-6-12-18)23(19-13-7-3-8-14-19)24(28-17)20-15-9-4-10-16-20/h2-16,22H,1H3,(H,26,27). The van der Waals surface area contributed by atoms with Gasteiger partial charge in [0, 0.05) is 17.1 Å². The number of allylic oxidation sites excluding steroid dienone is 2. The van der Waals surface area contributed by atoms with E-state index in [9.17, 15) is 9.90 Å². The zero-order chi connectivity index (χ0) is 19.5. The van der Waals surface area contributed by atoms with Gasteiger partial charge in [-0.2, -0.15) is 0 Å². The Kier molecular flexibility index (Phi) is 4.81. The van der Waals surface area contributed by atoms with Crippen LogP contribution in [0.1, 0.15) is 29.5 Å². The van der Waals surface area contributed by atoms with Gasteiger partial charge in [-0.3, -0.25) is 0 Å². The smallest absolute Gasteiger partial charge is 0.335 e. The van der Waals surface area contributed by atoms with E-state index in [2.05, 4.69) is 0 Å². The number of carboxylic acid groups (broad SMARTS) is 1. The van der Waals surface area contributed by atoms with Crippen LogP contribution in [0.2, 0.25) is 0 Å². The first kappa shape index (κ1) is 17.8. The van der Waals surface area contributed by atoms with Crippen molar-refractivity contribution < 1.29 is 14.6 Å². The number of aliphatic carboxylic acids is 1. The summed E-state index contributed by atoms with van der Waals surface area (Å²) in [5.41, 5.74) is 3.92.